The van der Waals surface area contributed by atoms with E-state index in [1.165, 1.54) is 4.90 Å². The number of amides is 4. The van der Waals surface area contributed by atoms with Crippen molar-refractivity contribution in [3.8, 4) is 5.75 Å². The van der Waals surface area contributed by atoms with Gasteiger partial charge in [-0.15, -0.1) is 0 Å². The molecule has 7 rings (SSSR count). The molecule has 0 aromatic heterocycles. The Morgan fingerprint density at radius 2 is 1.79 bits per heavy atom. The Kier molecular flexibility index (Phi) is 10.8. The van der Waals surface area contributed by atoms with Gasteiger partial charge < -0.3 is 25.0 Å². The summed E-state index contributed by atoms with van der Waals surface area (Å²) < 4.78 is 78.0. The van der Waals surface area contributed by atoms with Gasteiger partial charge in [-0.3, -0.25) is 19.1 Å². The second-order valence-electron chi connectivity index (χ2n) is 16.7. The van der Waals surface area contributed by atoms with Crippen LogP contribution < -0.4 is 20.1 Å². The molecule has 0 bridgehead atoms. The summed E-state index contributed by atoms with van der Waals surface area (Å²) in [4.78, 5) is 57.6. The van der Waals surface area contributed by atoms with Crippen molar-refractivity contribution in [2.45, 2.75) is 138 Å². The molecule has 12 nitrogen and oxygen atoms in total. The lowest BCUT2D eigenvalue weighted by Crippen LogP contribution is -2.70. The van der Waals surface area contributed by atoms with E-state index >= 15 is 0 Å². The lowest BCUT2D eigenvalue weighted by molar-refractivity contribution is -0.160. The number of nitrogens with zero attached hydrogens (tertiary/aromatic N) is 1. The summed E-state index contributed by atoms with van der Waals surface area (Å²) in [7, 11) is -4.06. The normalized spacial score (nSPS) is 28.7. The highest BCUT2D eigenvalue weighted by molar-refractivity contribution is 7.91. The molecule has 3 fully saturated rings. The number of fused-ring (bicyclic) bond motifs is 5. The van der Waals surface area contributed by atoms with Crippen molar-refractivity contribution >= 4 is 44.6 Å². The van der Waals surface area contributed by atoms with Gasteiger partial charge in [0.1, 0.15) is 29.0 Å². The van der Waals surface area contributed by atoms with Crippen LogP contribution in [0.4, 0.5) is 18.0 Å². The fourth-order valence-corrected chi connectivity index (χ4v) is 10.4. The fraction of sp³-hybridized carbons (Fsp3) is 0.610. The Morgan fingerprint density at radius 1 is 1.05 bits per heavy atom. The highest BCUT2D eigenvalue weighted by Crippen LogP contribution is 2.48. The van der Waals surface area contributed by atoms with Gasteiger partial charge in [0.25, 0.3) is 5.91 Å². The first-order chi connectivity index (χ1) is 26.9. The number of nitrogens with one attached hydrogen (secondary N) is 3. The van der Waals surface area contributed by atoms with Crippen LogP contribution in [0.1, 0.15) is 101 Å². The Hall–Kier alpha value is -4.34. The van der Waals surface area contributed by atoms with E-state index in [4.69, 9.17) is 4.74 Å². The smallest absolute Gasteiger partial charge is 0.422 e. The van der Waals surface area contributed by atoms with E-state index in [9.17, 15) is 40.8 Å². The molecular formula is C41H51F3N4O8S. The number of alkyl carbamates (subject to hydrolysis) is 1. The van der Waals surface area contributed by atoms with Crippen molar-refractivity contribution in [2.75, 3.05) is 13.2 Å². The van der Waals surface area contributed by atoms with Gasteiger partial charge in [0, 0.05) is 17.9 Å². The van der Waals surface area contributed by atoms with E-state index in [0.29, 0.717) is 63.5 Å². The number of halogens is 3. The number of allylic oxidation sites excluding steroid dienone is 1. The van der Waals surface area contributed by atoms with E-state index in [2.05, 4.69) is 39.1 Å². The van der Waals surface area contributed by atoms with E-state index < -0.39 is 80.5 Å². The van der Waals surface area contributed by atoms with E-state index in [-0.39, 0.29) is 25.8 Å². The minimum absolute atomic E-state index is 0.0115. The lowest BCUT2D eigenvalue weighted by atomic mass is 9.65. The Morgan fingerprint density at radius 3 is 2.46 bits per heavy atom. The SMILES string of the molecule is CCc1c(C)c2c(c3ccccc13)CCC1(CC3C(=O)NC4(C(=O)NS(=O)(=O)C5(C)CC5)CCC4C=CCCCCCC(NC(=O)OCC(F)(F)F)C(=O)N3C1)O2. The molecular weight excluding hydrogens is 766 g/mol. The molecule has 0 radical (unpaired) electrons. The first-order valence-electron chi connectivity index (χ1n) is 20.0. The monoisotopic (exact) mass is 816 g/mol. The number of carbonyl (C=O) groups excluding carboxylic acids is 4. The van der Waals surface area contributed by atoms with Crippen LogP contribution in [-0.4, -0.2) is 84.4 Å². The molecule has 2 saturated carbocycles. The third-order valence-electron chi connectivity index (χ3n) is 12.9. The minimum Gasteiger partial charge on any atom is -0.485 e. The predicted octanol–water partition coefficient (Wildman–Crippen LogP) is 5.82. The molecule has 5 unspecified atom stereocenters. The standard InChI is InChI=1S/C41H51F3N4O8S/c1-4-27-25(2)33-30(29-14-11-10-13-28(27)29)17-18-39(56-33)22-32-34(49)46-40(36(51)47-57(53,54)38(3)20-21-38)19-16-26(40)12-8-6-5-7-9-15-31(35(50)48(32)23-39)45-37(52)55-24-41(42,43)44/h8,10-14,26,31-32H,4-7,9,15-24H2,1-3H3,(H,45,52)(H,46,49)(H,47,51). The second-order valence-corrected chi connectivity index (χ2v) is 18.9. The third kappa shape index (κ3) is 7.82. The summed E-state index contributed by atoms with van der Waals surface area (Å²) >= 11 is 0. The van der Waals surface area contributed by atoms with Gasteiger partial charge in [-0.25, -0.2) is 13.2 Å². The number of hydrogen-bond donors (Lipinski definition) is 3. The van der Waals surface area contributed by atoms with E-state index in [1.54, 1.807) is 6.92 Å². The first-order valence-corrected chi connectivity index (χ1v) is 21.5. The van der Waals surface area contributed by atoms with E-state index in [1.807, 2.05) is 31.2 Å². The topological polar surface area (TPSA) is 160 Å². The molecule has 16 heteroatoms. The quantitative estimate of drug-likeness (QED) is 0.308. The van der Waals surface area contributed by atoms with Crippen molar-refractivity contribution < 1.29 is 50.2 Å². The zero-order valence-corrected chi connectivity index (χ0v) is 33.4. The van der Waals surface area contributed by atoms with Crippen molar-refractivity contribution in [3.05, 3.63) is 53.1 Å². The predicted molar refractivity (Wildman–Crippen MR) is 205 cm³/mol. The lowest BCUT2D eigenvalue weighted by Gasteiger charge is -2.48. The zero-order valence-electron chi connectivity index (χ0n) is 32.6. The van der Waals surface area contributed by atoms with Crippen molar-refractivity contribution in [1.82, 2.24) is 20.3 Å². The van der Waals surface area contributed by atoms with Gasteiger partial charge in [0.15, 0.2) is 6.61 Å². The maximum absolute atomic E-state index is 14.8. The van der Waals surface area contributed by atoms with Crippen LogP contribution in [0.25, 0.3) is 10.8 Å². The van der Waals surface area contributed by atoms with E-state index in [0.717, 1.165) is 33.9 Å². The van der Waals surface area contributed by atoms with Crippen LogP contribution in [0.5, 0.6) is 5.75 Å². The highest BCUT2D eigenvalue weighted by Gasteiger charge is 2.59. The number of hydrogen-bond acceptors (Lipinski definition) is 8. The Balaban J connectivity index is 1.25. The fourth-order valence-electron chi connectivity index (χ4n) is 9.10. The third-order valence-corrected chi connectivity index (χ3v) is 15.0. The number of carbonyl (C=O) groups is 4. The van der Waals surface area contributed by atoms with Gasteiger partial charge >= 0.3 is 12.3 Å². The summed E-state index contributed by atoms with van der Waals surface area (Å²) in [6.07, 6.45) is 3.09. The minimum atomic E-state index is -4.78. The van der Waals surface area contributed by atoms with Crippen LogP contribution in [0.2, 0.25) is 0 Å². The molecule has 57 heavy (non-hydrogen) atoms. The first kappa shape index (κ1) is 40.8. The van der Waals surface area contributed by atoms with Crippen LogP contribution in [0.15, 0.2) is 36.4 Å². The zero-order chi connectivity index (χ0) is 41.0. The molecule has 2 aromatic carbocycles. The van der Waals surface area contributed by atoms with Crippen LogP contribution in [0.3, 0.4) is 0 Å². The van der Waals surface area contributed by atoms with Gasteiger partial charge in [0.2, 0.25) is 21.8 Å². The van der Waals surface area contributed by atoms with Gasteiger partial charge in [-0.1, -0.05) is 56.2 Å². The molecule has 5 atom stereocenters. The molecule has 310 valence electrons. The van der Waals surface area contributed by atoms with Gasteiger partial charge in [-0.05, 0) is 100.0 Å². The maximum atomic E-state index is 14.8. The van der Waals surface area contributed by atoms with Crippen LogP contribution in [0, 0.1) is 12.8 Å². The molecule has 3 aliphatic heterocycles. The summed E-state index contributed by atoms with van der Waals surface area (Å²) in [6.45, 7) is 3.69. The largest absolute Gasteiger partial charge is 0.485 e. The number of benzene rings is 2. The summed E-state index contributed by atoms with van der Waals surface area (Å²) in [6, 6.07) is 5.52. The molecule has 2 aliphatic carbocycles. The number of sulfonamides is 1. The van der Waals surface area contributed by atoms with Crippen molar-refractivity contribution in [1.29, 1.82) is 0 Å². The summed E-state index contributed by atoms with van der Waals surface area (Å²) in [5.41, 5.74) is 0.373. The number of alkyl halides is 3. The van der Waals surface area contributed by atoms with Crippen molar-refractivity contribution in [2.24, 2.45) is 5.92 Å². The van der Waals surface area contributed by atoms with Gasteiger partial charge in [0.05, 0.1) is 11.3 Å². The molecule has 1 saturated heterocycles. The highest BCUT2D eigenvalue weighted by atomic mass is 32.2. The Labute approximate surface area is 330 Å². The molecule has 3 heterocycles. The molecule has 2 aromatic rings. The van der Waals surface area contributed by atoms with Crippen LogP contribution in [-0.2, 0) is 42.0 Å². The molecule has 3 N–H and O–H groups in total. The molecule has 4 amide bonds. The average Bonchev–Trinajstić information content (AvgIpc) is 3.82. The summed E-state index contributed by atoms with van der Waals surface area (Å²) in [5, 5.41) is 7.44. The number of rotatable bonds is 6. The molecule has 1 spiro atoms. The Bertz CT molecular complexity index is 2100. The number of aryl methyl sites for hydroxylation is 2. The number of ether oxygens (including phenoxy) is 2. The maximum Gasteiger partial charge on any atom is 0.422 e. The second kappa shape index (κ2) is 15.1. The van der Waals surface area contributed by atoms with Gasteiger partial charge in [-0.2, -0.15) is 13.2 Å². The summed E-state index contributed by atoms with van der Waals surface area (Å²) in [5.74, 6) is -2.08. The van der Waals surface area contributed by atoms with Crippen molar-refractivity contribution in [3.63, 3.8) is 0 Å². The van der Waals surface area contributed by atoms with Crippen LogP contribution >= 0.6 is 0 Å². The average molecular weight is 817 g/mol. The molecule has 5 aliphatic rings.